The third kappa shape index (κ3) is 4.17. The number of benzene rings is 4. The van der Waals surface area contributed by atoms with Crippen molar-refractivity contribution >= 4 is 54.8 Å². The Bertz CT molecular complexity index is 2610. The van der Waals surface area contributed by atoms with E-state index in [1.807, 2.05) is 53.5 Å². The summed E-state index contributed by atoms with van der Waals surface area (Å²) in [4.78, 5) is 14.0. The van der Waals surface area contributed by atoms with Gasteiger partial charge in [-0.2, -0.15) is 0 Å². The normalized spacial score (nSPS) is 11.7. The summed E-state index contributed by atoms with van der Waals surface area (Å²) in [6, 6.07) is 30.2. The van der Waals surface area contributed by atoms with Gasteiger partial charge in [-0.25, -0.2) is 0 Å². The van der Waals surface area contributed by atoms with Gasteiger partial charge in [-0.05, 0) is 66.6 Å². The molecule has 6 nitrogen and oxygen atoms in total. The maximum atomic E-state index is 6.38. The molecule has 9 rings (SSSR count). The van der Waals surface area contributed by atoms with E-state index in [0.717, 1.165) is 54.8 Å². The zero-order valence-electron chi connectivity index (χ0n) is 24.7. The predicted molar refractivity (Wildman–Crippen MR) is 176 cm³/mol. The van der Waals surface area contributed by atoms with Crippen molar-refractivity contribution in [3.63, 3.8) is 0 Å². The zero-order chi connectivity index (χ0) is 29.5. The monoisotopic (exact) mass is 762 g/mol. The molecule has 0 N–H and O–H groups in total. The van der Waals surface area contributed by atoms with E-state index in [2.05, 4.69) is 89.7 Å². The Hall–Kier alpha value is -5.06. The van der Waals surface area contributed by atoms with Gasteiger partial charge in [0.25, 0.3) is 0 Å². The second-order valence-corrected chi connectivity index (χ2v) is 11.4. The number of hydrogen-bond donors (Lipinski definition) is 0. The van der Waals surface area contributed by atoms with E-state index in [0.29, 0.717) is 11.5 Å². The molecule has 45 heavy (non-hydrogen) atoms. The summed E-state index contributed by atoms with van der Waals surface area (Å²) in [5.41, 5.74) is 11.0. The molecule has 5 aromatic heterocycles. The first kappa shape index (κ1) is 27.5. The minimum atomic E-state index is 0. The molecule has 0 spiro atoms. The summed E-state index contributed by atoms with van der Waals surface area (Å²) < 4.78 is 10.6. The Morgan fingerprint density at radius 2 is 1.24 bits per heavy atom. The van der Waals surface area contributed by atoms with E-state index in [1.54, 1.807) is 6.20 Å². The summed E-state index contributed by atoms with van der Waals surface area (Å²) in [5, 5.41) is 4.96. The minimum Gasteiger partial charge on any atom is -0.497 e. The number of fused-ring (bicyclic) bond motifs is 12. The molecular weight excluding hydrogens is 738 g/mol. The van der Waals surface area contributed by atoms with Crippen LogP contribution in [-0.4, -0.2) is 23.8 Å². The third-order valence-corrected chi connectivity index (χ3v) is 8.60. The summed E-state index contributed by atoms with van der Waals surface area (Å²) in [6.07, 6.45) is 9.41. The number of aryl methyl sites for hydroxylation is 3. The number of ether oxygens (including phenoxy) is 1. The fourth-order valence-corrected chi connectivity index (χ4v) is 6.88. The van der Waals surface area contributed by atoms with E-state index in [-0.39, 0.29) is 21.1 Å². The second kappa shape index (κ2) is 10.3. The molecular formula is C38H25N5OPt. The van der Waals surface area contributed by atoms with Gasteiger partial charge in [0.1, 0.15) is 0 Å². The smallest absolute Gasteiger partial charge is 0.497 e. The van der Waals surface area contributed by atoms with Crippen molar-refractivity contribution in [1.29, 1.82) is 0 Å². The fourth-order valence-electron chi connectivity index (χ4n) is 6.88. The summed E-state index contributed by atoms with van der Waals surface area (Å²) in [7, 11) is 0. The van der Waals surface area contributed by atoms with Crippen molar-refractivity contribution in [3.8, 4) is 22.6 Å². The molecule has 0 fully saturated rings. The zero-order valence-corrected chi connectivity index (χ0v) is 27.0. The molecule has 0 saturated carbocycles. The molecule has 0 atom stereocenters. The van der Waals surface area contributed by atoms with E-state index in [4.69, 9.17) is 9.72 Å². The maximum Gasteiger partial charge on any atom is 2.00 e. The maximum absolute atomic E-state index is 6.38. The number of nitrogens with zero attached hydrogens (tertiary/aromatic N) is 5. The summed E-state index contributed by atoms with van der Waals surface area (Å²) in [6.45, 7) is 6.52. The van der Waals surface area contributed by atoms with Crippen LogP contribution in [0.25, 0.3) is 65.9 Å². The van der Waals surface area contributed by atoms with E-state index in [1.165, 1.54) is 27.8 Å². The fraction of sp³-hybridized carbons (Fsp3) is 0.0789. The van der Waals surface area contributed by atoms with Crippen LogP contribution in [0.2, 0.25) is 0 Å². The quantitative estimate of drug-likeness (QED) is 0.133. The molecule has 0 unspecified atom stereocenters. The van der Waals surface area contributed by atoms with Gasteiger partial charge < -0.3 is 13.5 Å². The van der Waals surface area contributed by atoms with Crippen molar-refractivity contribution in [2.45, 2.75) is 20.8 Å². The van der Waals surface area contributed by atoms with Crippen molar-refractivity contribution in [3.05, 3.63) is 127 Å². The second-order valence-electron chi connectivity index (χ2n) is 11.4. The molecule has 0 radical (unpaired) electrons. The van der Waals surface area contributed by atoms with Crippen molar-refractivity contribution < 1.29 is 25.8 Å². The van der Waals surface area contributed by atoms with E-state index < -0.39 is 0 Å². The number of pyridine rings is 3. The summed E-state index contributed by atoms with van der Waals surface area (Å²) in [5.74, 6) is 1.18. The van der Waals surface area contributed by atoms with Gasteiger partial charge in [-0.3, -0.25) is 15.0 Å². The van der Waals surface area contributed by atoms with Crippen molar-refractivity contribution in [1.82, 2.24) is 23.8 Å². The molecule has 0 amide bonds. The molecule has 0 aliphatic carbocycles. The van der Waals surface area contributed by atoms with Crippen LogP contribution in [0.15, 0.2) is 97.7 Å². The molecule has 9 aromatic rings. The minimum absolute atomic E-state index is 0. The SMILES string of the molecule is Cc1cc(C)c(-c2ccc3c4ccc(Oc5[c-]c6c(cc5)c5ncccc5n5ccnc65)[c-]c4c4nccn4c3c2)c(C)c1.[Pt+2]. The van der Waals surface area contributed by atoms with Crippen LogP contribution in [0.1, 0.15) is 16.7 Å². The average molecular weight is 763 g/mol. The van der Waals surface area contributed by atoms with Gasteiger partial charge in [0.15, 0.2) is 0 Å². The topological polar surface area (TPSA) is 56.7 Å². The molecule has 0 aliphatic heterocycles. The van der Waals surface area contributed by atoms with Gasteiger partial charge in [0, 0.05) is 48.0 Å². The Morgan fingerprint density at radius 1 is 0.622 bits per heavy atom. The average Bonchev–Trinajstić information content (AvgIpc) is 3.72. The standard InChI is InChI=1S/C38H25N5O.Pt/c1-22-17-23(2)35(24(3)18-22)25-6-9-29-28-10-7-26(20-31(28)37-40-14-16-43(37)34(29)19-25)44-27-8-11-30-32(21-27)38-41-13-15-42(38)33-5-4-12-39-36(30)33;/h4-19H,1-3H3;/q-2;+2. The van der Waals surface area contributed by atoms with Crippen LogP contribution in [-0.2, 0) is 21.1 Å². The van der Waals surface area contributed by atoms with Crippen LogP contribution >= 0.6 is 0 Å². The Morgan fingerprint density at radius 3 is 1.96 bits per heavy atom. The molecule has 0 bridgehead atoms. The van der Waals surface area contributed by atoms with E-state index >= 15 is 0 Å². The molecule has 0 aliphatic rings. The third-order valence-electron chi connectivity index (χ3n) is 8.60. The van der Waals surface area contributed by atoms with Crippen LogP contribution in [0, 0.1) is 32.9 Å². The van der Waals surface area contributed by atoms with Crippen molar-refractivity contribution in [2.24, 2.45) is 0 Å². The van der Waals surface area contributed by atoms with Gasteiger partial charge in [-0.1, -0.05) is 75.6 Å². The number of rotatable bonds is 3. The molecule has 218 valence electrons. The largest absolute Gasteiger partial charge is 2.00 e. The van der Waals surface area contributed by atoms with Crippen LogP contribution < -0.4 is 4.74 Å². The summed E-state index contributed by atoms with van der Waals surface area (Å²) >= 11 is 0. The Kier molecular flexibility index (Phi) is 6.26. The van der Waals surface area contributed by atoms with Gasteiger partial charge in [-0.15, -0.1) is 12.1 Å². The molecule has 4 aromatic carbocycles. The molecule has 7 heteroatoms. The van der Waals surface area contributed by atoms with Gasteiger partial charge in [0.05, 0.1) is 22.3 Å². The molecule has 5 heterocycles. The van der Waals surface area contributed by atoms with Crippen LogP contribution in [0.3, 0.4) is 0 Å². The molecule has 0 saturated heterocycles. The van der Waals surface area contributed by atoms with Gasteiger partial charge in [0.2, 0.25) is 0 Å². The first-order valence-electron chi connectivity index (χ1n) is 14.6. The first-order chi connectivity index (χ1) is 21.5. The predicted octanol–water partition coefficient (Wildman–Crippen LogP) is 8.97. The Labute approximate surface area is 273 Å². The number of hydrogen-bond acceptors (Lipinski definition) is 4. The first-order valence-corrected chi connectivity index (χ1v) is 14.6. The van der Waals surface area contributed by atoms with Gasteiger partial charge >= 0.3 is 21.1 Å². The van der Waals surface area contributed by atoms with Crippen LogP contribution in [0.4, 0.5) is 0 Å². The van der Waals surface area contributed by atoms with E-state index in [9.17, 15) is 0 Å². The Balaban J connectivity index is 0.00000300. The van der Waals surface area contributed by atoms with Crippen LogP contribution in [0.5, 0.6) is 11.5 Å². The number of imidazole rings is 2. The number of aromatic nitrogens is 5. The van der Waals surface area contributed by atoms with Crippen molar-refractivity contribution in [2.75, 3.05) is 0 Å².